The van der Waals surface area contributed by atoms with Crippen molar-refractivity contribution in [1.82, 2.24) is 20.2 Å². The molecule has 7 nitrogen and oxygen atoms in total. The standard InChI is InChI=1S/C32H33F4N5O2/c1-30-9-8-19(13-37-30)41(15-30)28-23-12-24(33)25(22-11-20(42)10-18-6-4-5-7-21(18)22)26(34)27(23)38-29(39-28)43-17-31(16-40(2)3)14-32(31,35)36/h4-7,10-12,19,37,42H,8-9,13-17H2,1-3H3/t19?,30?,31-/m1/s1. The van der Waals surface area contributed by atoms with E-state index in [2.05, 4.69) is 22.2 Å². The number of benzene rings is 3. The summed E-state index contributed by atoms with van der Waals surface area (Å²) in [5.74, 6) is -4.49. The van der Waals surface area contributed by atoms with Crippen LogP contribution < -0.4 is 15.0 Å². The maximum Gasteiger partial charge on any atom is 0.319 e. The molecule has 2 unspecified atom stereocenters. The number of nitrogens with one attached hydrogen (secondary N) is 1. The number of aromatic hydroxyl groups is 1. The van der Waals surface area contributed by atoms with Crippen LogP contribution in [0.4, 0.5) is 23.4 Å². The normalized spacial score (nSPS) is 26.0. The van der Waals surface area contributed by atoms with E-state index in [4.69, 9.17) is 4.74 Å². The zero-order valence-corrected chi connectivity index (χ0v) is 24.2. The molecule has 11 heteroatoms. The van der Waals surface area contributed by atoms with E-state index in [9.17, 15) is 13.9 Å². The van der Waals surface area contributed by atoms with Crippen molar-refractivity contribution in [3.63, 3.8) is 0 Å². The molecule has 8 rings (SSSR count). The van der Waals surface area contributed by atoms with Crippen LogP contribution >= 0.6 is 0 Å². The van der Waals surface area contributed by atoms with Crippen molar-refractivity contribution in [3.05, 3.63) is 54.1 Å². The molecule has 4 aromatic rings. The summed E-state index contributed by atoms with van der Waals surface area (Å²) in [5, 5.41) is 15.3. The highest BCUT2D eigenvalue weighted by Crippen LogP contribution is 2.60. The Morgan fingerprint density at radius 3 is 2.56 bits per heavy atom. The third kappa shape index (κ3) is 4.64. The van der Waals surface area contributed by atoms with E-state index in [0.717, 1.165) is 12.8 Å². The van der Waals surface area contributed by atoms with Crippen molar-refractivity contribution < 1.29 is 27.4 Å². The van der Waals surface area contributed by atoms with Gasteiger partial charge < -0.3 is 25.0 Å². The van der Waals surface area contributed by atoms with Crippen LogP contribution in [-0.2, 0) is 0 Å². The fraction of sp³-hybridized carbons (Fsp3) is 0.438. The average molecular weight is 596 g/mol. The lowest BCUT2D eigenvalue weighted by molar-refractivity contribution is 0.0288. The number of fused-ring (bicyclic) bond motifs is 5. The van der Waals surface area contributed by atoms with E-state index in [1.165, 1.54) is 18.2 Å². The first-order chi connectivity index (χ1) is 20.4. The number of piperazine rings is 1. The van der Waals surface area contributed by atoms with Crippen LogP contribution in [0.15, 0.2) is 42.5 Å². The molecule has 3 saturated heterocycles. The molecule has 4 aliphatic rings. The van der Waals surface area contributed by atoms with E-state index in [0.29, 0.717) is 29.7 Å². The summed E-state index contributed by atoms with van der Waals surface area (Å²) >= 11 is 0. The van der Waals surface area contributed by atoms with Crippen LogP contribution in [0.2, 0.25) is 0 Å². The molecule has 1 aromatic heterocycles. The Bertz CT molecular complexity index is 1760. The molecule has 2 bridgehead atoms. The lowest BCUT2D eigenvalue weighted by atomic mass is 9.82. The number of phenolic OH excluding ortho intramolecular Hbond substituents is 1. The summed E-state index contributed by atoms with van der Waals surface area (Å²) in [4.78, 5) is 12.7. The second-order valence-corrected chi connectivity index (χ2v) is 12.9. The van der Waals surface area contributed by atoms with Crippen LogP contribution in [-0.4, -0.2) is 77.8 Å². The van der Waals surface area contributed by atoms with Crippen LogP contribution in [0, 0.1) is 17.0 Å². The van der Waals surface area contributed by atoms with Crippen molar-refractivity contribution in [1.29, 1.82) is 0 Å². The highest BCUT2D eigenvalue weighted by Gasteiger charge is 2.71. The minimum atomic E-state index is -2.90. The van der Waals surface area contributed by atoms with E-state index < -0.39 is 23.0 Å². The Morgan fingerprint density at radius 1 is 1.12 bits per heavy atom. The highest BCUT2D eigenvalue weighted by molar-refractivity contribution is 6.01. The zero-order chi connectivity index (χ0) is 30.3. The van der Waals surface area contributed by atoms with Crippen molar-refractivity contribution in [2.45, 2.75) is 43.7 Å². The van der Waals surface area contributed by atoms with E-state index in [1.54, 1.807) is 43.3 Å². The number of ether oxygens (including phenoxy) is 1. The van der Waals surface area contributed by atoms with Gasteiger partial charge >= 0.3 is 6.01 Å². The summed E-state index contributed by atoms with van der Waals surface area (Å²) in [6.07, 6.45) is 1.48. The van der Waals surface area contributed by atoms with Gasteiger partial charge in [-0.05, 0) is 68.4 Å². The second-order valence-electron chi connectivity index (χ2n) is 12.9. The molecule has 0 spiro atoms. The Kier molecular flexibility index (Phi) is 6.31. The largest absolute Gasteiger partial charge is 0.508 e. The number of hydrogen-bond donors (Lipinski definition) is 2. The maximum atomic E-state index is 16.6. The van der Waals surface area contributed by atoms with Gasteiger partial charge in [0.15, 0.2) is 5.82 Å². The fourth-order valence-corrected chi connectivity index (χ4v) is 6.95. The smallest absolute Gasteiger partial charge is 0.319 e. The van der Waals surface area contributed by atoms with Gasteiger partial charge in [-0.1, -0.05) is 24.3 Å². The van der Waals surface area contributed by atoms with Crippen LogP contribution in [0.1, 0.15) is 26.2 Å². The van der Waals surface area contributed by atoms with Gasteiger partial charge in [-0.15, -0.1) is 0 Å². The molecule has 0 radical (unpaired) electrons. The molecule has 3 aromatic carbocycles. The average Bonchev–Trinajstić information content (AvgIpc) is 3.49. The number of phenols is 1. The molecule has 3 aliphatic heterocycles. The van der Waals surface area contributed by atoms with Crippen molar-refractivity contribution in [3.8, 4) is 22.9 Å². The lowest BCUT2D eigenvalue weighted by Crippen LogP contribution is -2.67. The van der Waals surface area contributed by atoms with E-state index >= 15 is 8.78 Å². The van der Waals surface area contributed by atoms with Gasteiger partial charge in [-0.25, -0.2) is 17.6 Å². The van der Waals surface area contributed by atoms with Gasteiger partial charge in [0.25, 0.3) is 5.92 Å². The Morgan fingerprint density at radius 2 is 1.88 bits per heavy atom. The summed E-state index contributed by atoms with van der Waals surface area (Å²) < 4.78 is 67.5. The first-order valence-electron chi connectivity index (χ1n) is 14.5. The van der Waals surface area contributed by atoms with E-state index in [1.807, 2.05) is 4.90 Å². The molecule has 0 amide bonds. The van der Waals surface area contributed by atoms with Crippen molar-refractivity contribution in [2.24, 2.45) is 5.41 Å². The first-order valence-corrected chi connectivity index (χ1v) is 14.5. The number of alkyl halides is 2. The Labute approximate surface area is 246 Å². The van der Waals surface area contributed by atoms with E-state index in [-0.39, 0.29) is 64.9 Å². The highest BCUT2D eigenvalue weighted by atomic mass is 19.3. The third-order valence-corrected chi connectivity index (χ3v) is 9.29. The summed E-state index contributed by atoms with van der Waals surface area (Å²) in [5.41, 5.74) is -1.96. The zero-order valence-electron chi connectivity index (χ0n) is 24.2. The monoisotopic (exact) mass is 595 g/mol. The molecule has 3 atom stereocenters. The van der Waals surface area contributed by atoms with Gasteiger partial charge in [0.1, 0.15) is 29.5 Å². The molecule has 226 valence electrons. The summed E-state index contributed by atoms with van der Waals surface area (Å²) in [6, 6.07) is 10.9. The van der Waals surface area contributed by atoms with Gasteiger partial charge in [-0.3, -0.25) is 0 Å². The minimum absolute atomic E-state index is 0.0291. The molecule has 1 aliphatic carbocycles. The van der Waals surface area contributed by atoms with Crippen molar-refractivity contribution in [2.75, 3.05) is 45.2 Å². The number of aromatic nitrogens is 2. The topological polar surface area (TPSA) is 73.8 Å². The van der Waals surface area contributed by atoms with Crippen LogP contribution in [0.5, 0.6) is 11.8 Å². The van der Waals surface area contributed by atoms with Crippen LogP contribution in [0.25, 0.3) is 32.8 Å². The summed E-state index contributed by atoms with van der Waals surface area (Å²) in [6.45, 7) is 3.08. The molecular formula is C32H33F4N5O2. The summed E-state index contributed by atoms with van der Waals surface area (Å²) in [7, 11) is 3.44. The quantitative estimate of drug-likeness (QED) is 0.265. The number of rotatable bonds is 7. The second kappa shape index (κ2) is 9.65. The molecule has 2 N–H and O–H groups in total. The molecule has 1 saturated carbocycles. The minimum Gasteiger partial charge on any atom is -0.508 e. The number of nitrogens with zero attached hydrogens (tertiary/aromatic N) is 4. The number of hydrogen-bond acceptors (Lipinski definition) is 7. The molecule has 4 heterocycles. The van der Waals surface area contributed by atoms with Gasteiger partial charge in [0.2, 0.25) is 0 Å². The van der Waals surface area contributed by atoms with Gasteiger partial charge in [-0.2, -0.15) is 9.97 Å². The predicted molar refractivity (Wildman–Crippen MR) is 157 cm³/mol. The van der Waals surface area contributed by atoms with Crippen molar-refractivity contribution >= 4 is 27.5 Å². The Hall–Kier alpha value is -3.70. The predicted octanol–water partition coefficient (Wildman–Crippen LogP) is 5.73. The SMILES string of the molecule is CN(C)C[C@@]1(COc2nc(N3CC4(C)CCC3CN4)c3cc(F)c(-c4cc(O)cc5ccccc45)c(F)c3n2)CC1(F)F. The molecular weight excluding hydrogens is 562 g/mol. The van der Waals surface area contributed by atoms with Crippen LogP contribution in [0.3, 0.4) is 0 Å². The number of halogens is 4. The van der Waals surface area contributed by atoms with Gasteiger partial charge in [0.05, 0.1) is 11.0 Å². The fourth-order valence-electron chi connectivity index (χ4n) is 6.95. The molecule has 43 heavy (non-hydrogen) atoms. The first kappa shape index (κ1) is 28.1. The maximum absolute atomic E-state index is 16.6. The number of piperidine rings is 2. The third-order valence-electron chi connectivity index (χ3n) is 9.29. The number of anilines is 1. The Balaban J connectivity index is 1.39. The van der Waals surface area contributed by atoms with Gasteiger partial charge in [0, 0.05) is 43.0 Å². The lowest BCUT2D eigenvalue weighted by Gasteiger charge is -2.52. The molecule has 4 fully saturated rings.